The first kappa shape index (κ1) is 16.3. The van der Waals surface area contributed by atoms with Crippen molar-refractivity contribution in [3.05, 3.63) is 31.6 Å². The smallest absolute Gasteiger partial charge is 0.329 e. The molecular weight excluding hydrogens is 292 g/mol. The lowest BCUT2D eigenvalue weighted by molar-refractivity contribution is 0.146. The molecule has 118 valence electrons. The molecular formula is C15H23ClN2O3. The summed E-state index contributed by atoms with van der Waals surface area (Å²) in [4.78, 5) is 27.6. The lowest BCUT2D eigenvalue weighted by atomic mass is 10.0. The van der Waals surface area contributed by atoms with Gasteiger partial charge >= 0.3 is 5.69 Å². The monoisotopic (exact) mass is 314 g/mol. The van der Waals surface area contributed by atoms with Gasteiger partial charge in [-0.3, -0.25) is 14.3 Å². The van der Waals surface area contributed by atoms with Crippen molar-refractivity contribution in [2.24, 2.45) is 0 Å². The van der Waals surface area contributed by atoms with Gasteiger partial charge in [0, 0.05) is 7.11 Å². The van der Waals surface area contributed by atoms with Crippen LogP contribution in [0.25, 0.3) is 0 Å². The van der Waals surface area contributed by atoms with Crippen molar-refractivity contribution < 1.29 is 4.74 Å². The van der Waals surface area contributed by atoms with Crippen LogP contribution in [0.3, 0.4) is 0 Å². The van der Waals surface area contributed by atoms with Crippen LogP contribution in [-0.2, 0) is 4.74 Å². The number of nitrogens with one attached hydrogen (secondary N) is 1. The third-order valence-corrected chi connectivity index (χ3v) is 4.53. The fourth-order valence-electron chi connectivity index (χ4n) is 3.25. The highest BCUT2D eigenvalue weighted by Gasteiger charge is 2.26. The SMILES string of the molecule is CCCC(COC)n1c(=O)[nH]c(Cl)c(C2CCCC2)c1=O. The fourth-order valence-corrected chi connectivity index (χ4v) is 3.57. The summed E-state index contributed by atoms with van der Waals surface area (Å²) in [5.41, 5.74) is -0.112. The van der Waals surface area contributed by atoms with Gasteiger partial charge in [-0.2, -0.15) is 0 Å². The van der Waals surface area contributed by atoms with E-state index in [1.54, 1.807) is 7.11 Å². The van der Waals surface area contributed by atoms with Crippen molar-refractivity contribution in [2.45, 2.75) is 57.4 Å². The standard InChI is InChI=1S/C15H23ClN2O3/c1-3-6-11(9-21-2)18-14(19)12(10-7-4-5-8-10)13(16)17-15(18)20/h10-11H,3-9H2,1-2H3,(H,17,20). The van der Waals surface area contributed by atoms with Crippen LogP contribution >= 0.6 is 11.6 Å². The van der Waals surface area contributed by atoms with Crippen molar-refractivity contribution in [1.29, 1.82) is 0 Å². The van der Waals surface area contributed by atoms with Crippen LogP contribution in [0.2, 0.25) is 5.15 Å². The van der Waals surface area contributed by atoms with Gasteiger partial charge in [0.15, 0.2) is 0 Å². The molecule has 1 N–H and O–H groups in total. The van der Waals surface area contributed by atoms with E-state index in [1.807, 2.05) is 6.92 Å². The van der Waals surface area contributed by atoms with Crippen molar-refractivity contribution in [3.8, 4) is 0 Å². The molecule has 1 aromatic heterocycles. The normalized spacial score (nSPS) is 17.3. The summed E-state index contributed by atoms with van der Waals surface area (Å²) in [6.07, 6.45) is 5.74. The molecule has 2 rings (SSSR count). The number of halogens is 1. The third-order valence-electron chi connectivity index (χ3n) is 4.23. The van der Waals surface area contributed by atoms with E-state index in [1.165, 1.54) is 4.57 Å². The average molecular weight is 315 g/mol. The van der Waals surface area contributed by atoms with Gasteiger partial charge in [0.2, 0.25) is 0 Å². The fraction of sp³-hybridized carbons (Fsp3) is 0.733. The molecule has 5 nitrogen and oxygen atoms in total. The van der Waals surface area contributed by atoms with Crippen molar-refractivity contribution >= 4 is 11.6 Å². The maximum Gasteiger partial charge on any atom is 0.329 e. The Kier molecular flexibility index (Phi) is 5.65. The Balaban J connectivity index is 2.52. The lowest BCUT2D eigenvalue weighted by Gasteiger charge is -2.20. The summed E-state index contributed by atoms with van der Waals surface area (Å²) in [6, 6.07) is -0.242. The van der Waals surface area contributed by atoms with Crippen LogP contribution in [0.4, 0.5) is 0 Å². The van der Waals surface area contributed by atoms with E-state index in [9.17, 15) is 9.59 Å². The molecule has 0 bridgehead atoms. The van der Waals surface area contributed by atoms with Gasteiger partial charge in [-0.05, 0) is 25.2 Å². The van der Waals surface area contributed by atoms with Gasteiger partial charge in [-0.15, -0.1) is 0 Å². The number of H-pyrrole nitrogens is 1. The van der Waals surface area contributed by atoms with Gasteiger partial charge in [0.1, 0.15) is 5.15 Å². The van der Waals surface area contributed by atoms with Crippen LogP contribution in [0.1, 0.15) is 63.0 Å². The minimum absolute atomic E-state index is 0.165. The molecule has 1 fully saturated rings. The molecule has 1 atom stereocenters. The van der Waals surface area contributed by atoms with Crippen molar-refractivity contribution in [1.82, 2.24) is 9.55 Å². The molecule has 1 saturated carbocycles. The first-order valence-electron chi connectivity index (χ1n) is 7.63. The van der Waals surface area contributed by atoms with Gasteiger partial charge in [0.25, 0.3) is 5.56 Å². The zero-order valence-corrected chi connectivity index (χ0v) is 13.4. The molecule has 0 aliphatic heterocycles. The second-order valence-electron chi connectivity index (χ2n) is 5.71. The number of aromatic nitrogens is 2. The first-order valence-corrected chi connectivity index (χ1v) is 8.01. The Labute approximate surface area is 129 Å². The average Bonchev–Trinajstić information content (AvgIpc) is 2.92. The van der Waals surface area contributed by atoms with Gasteiger partial charge < -0.3 is 4.74 Å². The van der Waals surface area contributed by atoms with Crippen LogP contribution < -0.4 is 11.2 Å². The number of aromatic amines is 1. The maximum atomic E-state index is 12.8. The molecule has 0 radical (unpaired) electrons. The molecule has 1 aliphatic rings. The summed E-state index contributed by atoms with van der Waals surface area (Å²) in [6.45, 7) is 2.37. The number of ether oxygens (including phenoxy) is 1. The Hall–Kier alpha value is -1.07. The number of rotatable bonds is 6. The summed E-state index contributed by atoms with van der Waals surface area (Å²) in [5.74, 6) is 0.165. The first-order chi connectivity index (χ1) is 10.1. The molecule has 21 heavy (non-hydrogen) atoms. The molecule has 0 saturated heterocycles. The molecule has 1 aromatic rings. The van der Waals surface area contributed by atoms with E-state index in [0.717, 1.165) is 38.5 Å². The van der Waals surface area contributed by atoms with Gasteiger partial charge in [-0.25, -0.2) is 4.79 Å². The molecule has 1 aliphatic carbocycles. The van der Waals surface area contributed by atoms with Crippen LogP contribution in [0.15, 0.2) is 9.59 Å². The Bertz CT molecular complexity index is 582. The highest BCUT2D eigenvalue weighted by molar-refractivity contribution is 6.30. The summed E-state index contributed by atoms with van der Waals surface area (Å²) < 4.78 is 6.47. The van der Waals surface area contributed by atoms with E-state index < -0.39 is 5.69 Å². The van der Waals surface area contributed by atoms with Crippen molar-refractivity contribution in [3.63, 3.8) is 0 Å². The van der Waals surface area contributed by atoms with E-state index in [2.05, 4.69) is 4.98 Å². The highest BCUT2D eigenvalue weighted by Crippen LogP contribution is 2.34. The third kappa shape index (κ3) is 3.40. The molecule has 1 heterocycles. The zero-order chi connectivity index (χ0) is 15.4. The highest BCUT2D eigenvalue weighted by atomic mass is 35.5. The number of hydrogen-bond acceptors (Lipinski definition) is 3. The number of nitrogens with zero attached hydrogens (tertiary/aromatic N) is 1. The topological polar surface area (TPSA) is 64.1 Å². The van der Waals surface area contributed by atoms with Crippen LogP contribution in [0.5, 0.6) is 0 Å². The Morgan fingerprint density at radius 2 is 2.05 bits per heavy atom. The van der Waals surface area contributed by atoms with Crippen LogP contribution in [-0.4, -0.2) is 23.3 Å². The lowest BCUT2D eigenvalue weighted by Crippen LogP contribution is -2.42. The minimum Gasteiger partial charge on any atom is -0.383 e. The van der Waals surface area contributed by atoms with Gasteiger partial charge in [-0.1, -0.05) is 37.8 Å². The molecule has 0 amide bonds. The Morgan fingerprint density at radius 3 is 2.62 bits per heavy atom. The number of methoxy groups -OCH3 is 1. The van der Waals surface area contributed by atoms with E-state index in [4.69, 9.17) is 16.3 Å². The molecule has 0 spiro atoms. The second kappa shape index (κ2) is 7.27. The second-order valence-corrected chi connectivity index (χ2v) is 6.09. The molecule has 1 unspecified atom stereocenters. The molecule has 6 heteroatoms. The van der Waals surface area contributed by atoms with Gasteiger partial charge in [0.05, 0.1) is 18.2 Å². The molecule has 0 aromatic carbocycles. The summed E-state index contributed by atoms with van der Waals surface area (Å²) in [7, 11) is 1.58. The van der Waals surface area contributed by atoms with Crippen LogP contribution in [0, 0.1) is 0 Å². The quantitative estimate of drug-likeness (QED) is 0.821. The zero-order valence-electron chi connectivity index (χ0n) is 12.7. The Morgan fingerprint density at radius 1 is 1.38 bits per heavy atom. The largest absolute Gasteiger partial charge is 0.383 e. The summed E-state index contributed by atoms with van der Waals surface area (Å²) in [5, 5.41) is 0.209. The maximum absolute atomic E-state index is 12.8. The minimum atomic E-state index is -0.442. The van der Waals surface area contributed by atoms with E-state index >= 15 is 0 Å². The predicted octanol–water partition coefficient (Wildman–Crippen LogP) is 2.84. The van der Waals surface area contributed by atoms with E-state index in [-0.39, 0.29) is 22.7 Å². The number of hydrogen-bond donors (Lipinski definition) is 1. The summed E-state index contributed by atoms with van der Waals surface area (Å²) >= 11 is 6.15. The van der Waals surface area contributed by atoms with Crippen molar-refractivity contribution in [2.75, 3.05) is 13.7 Å². The van der Waals surface area contributed by atoms with E-state index in [0.29, 0.717) is 12.2 Å². The predicted molar refractivity (Wildman–Crippen MR) is 83.4 cm³/mol.